The number of hydrogen-bond donors (Lipinski definition) is 1. The van der Waals surface area contributed by atoms with Gasteiger partial charge in [0.15, 0.2) is 0 Å². The van der Waals surface area contributed by atoms with Crippen LogP contribution in [0.5, 0.6) is 0 Å². The zero-order chi connectivity index (χ0) is 24.8. The number of amides is 3. The summed E-state index contributed by atoms with van der Waals surface area (Å²) in [5, 5.41) is 3.88. The fourth-order valence-corrected chi connectivity index (χ4v) is 5.20. The number of benzene rings is 3. The predicted molar refractivity (Wildman–Crippen MR) is 136 cm³/mol. The van der Waals surface area contributed by atoms with Crippen molar-refractivity contribution in [3.63, 3.8) is 0 Å². The van der Waals surface area contributed by atoms with Crippen molar-refractivity contribution in [2.24, 2.45) is 0 Å². The first-order chi connectivity index (χ1) is 17.6. The first kappa shape index (κ1) is 22.1. The average Bonchev–Trinajstić information content (AvgIpc) is 3.45. The van der Waals surface area contributed by atoms with Crippen LogP contribution in [0.1, 0.15) is 32.4 Å². The van der Waals surface area contributed by atoms with Gasteiger partial charge in [-0.1, -0.05) is 36.4 Å². The molecule has 180 valence electrons. The first-order valence-corrected chi connectivity index (χ1v) is 11.8. The summed E-state index contributed by atoms with van der Waals surface area (Å²) in [5.41, 5.74) is 3.87. The Hall–Kier alpha value is -4.43. The molecule has 4 aromatic rings. The van der Waals surface area contributed by atoms with E-state index in [-0.39, 0.29) is 24.3 Å². The summed E-state index contributed by atoms with van der Waals surface area (Å²) in [6.45, 7) is 1.08. The third kappa shape index (κ3) is 3.37. The van der Waals surface area contributed by atoms with Gasteiger partial charge < -0.3 is 19.5 Å². The second-order valence-corrected chi connectivity index (χ2v) is 8.87. The van der Waals surface area contributed by atoms with E-state index in [1.54, 1.807) is 48.4 Å². The summed E-state index contributed by atoms with van der Waals surface area (Å²) in [6.07, 6.45) is 1.29. The van der Waals surface area contributed by atoms with Gasteiger partial charge in [-0.25, -0.2) is 0 Å². The molecule has 8 nitrogen and oxygen atoms in total. The van der Waals surface area contributed by atoms with E-state index in [0.29, 0.717) is 35.7 Å². The molecule has 1 aromatic heterocycles. The van der Waals surface area contributed by atoms with Gasteiger partial charge in [0.25, 0.3) is 11.8 Å². The van der Waals surface area contributed by atoms with Gasteiger partial charge in [0, 0.05) is 36.4 Å². The lowest BCUT2D eigenvalue weighted by molar-refractivity contribution is -0.117. The molecule has 0 spiro atoms. The molecular weight excluding hydrogens is 456 g/mol. The highest BCUT2D eigenvalue weighted by atomic mass is 16.5. The van der Waals surface area contributed by atoms with E-state index in [4.69, 9.17) is 4.74 Å². The van der Waals surface area contributed by atoms with Gasteiger partial charge in [0.05, 0.1) is 29.1 Å². The Labute approximate surface area is 207 Å². The molecular formula is C28H24N4O4. The highest BCUT2D eigenvalue weighted by Gasteiger charge is 2.48. The number of hydrogen-bond acceptors (Lipinski definition) is 4. The van der Waals surface area contributed by atoms with Gasteiger partial charge in [-0.2, -0.15) is 0 Å². The third-order valence-corrected chi connectivity index (χ3v) is 6.82. The number of nitrogens with zero attached hydrogens (tertiary/aromatic N) is 3. The van der Waals surface area contributed by atoms with Crippen LogP contribution in [0.3, 0.4) is 0 Å². The van der Waals surface area contributed by atoms with E-state index in [0.717, 1.165) is 16.5 Å². The molecule has 3 amide bonds. The number of ether oxygens (including phenoxy) is 1. The van der Waals surface area contributed by atoms with E-state index in [2.05, 4.69) is 9.88 Å². The lowest BCUT2D eigenvalue weighted by atomic mass is 10.0. The van der Waals surface area contributed by atoms with Crippen molar-refractivity contribution < 1.29 is 19.1 Å². The summed E-state index contributed by atoms with van der Waals surface area (Å²) in [4.78, 5) is 43.3. The number of fused-ring (bicyclic) bond motifs is 6. The topological polar surface area (TPSA) is 83.9 Å². The fourth-order valence-electron chi connectivity index (χ4n) is 5.20. The molecule has 6 rings (SSSR count). The number of nitrogens with one attached hydrogen (secondary N) is 1. The van der Waals surface area contributed by atoms with Crippen molar-refractivity contribution in [2.75, 3.05) is 30.5 Å². The Kier molecular flexibility index (Phi) is 5.30. The van der Waals surface area contributed by atoms with Crippen LogP contribution in [0.25, 0.3) is 10.9 Å². The van der Waals surface area contributed by atoms with Crippen LogP contribution in [-0.2, 0) is 16.1 Å². The van der Waals surface area contributed by atoms with Crippen molar-refractivity contribution in [3.05, 3.63) is 95.7 Å². The molecule has 0 radical (unpaired) electrons. The smallest absolute Gasteiger partial charge is 0.260 e. The molecule has 0 saturated carbocycles. The van der Waals surface area contributed by atoms with Crippen LogP contribution in [0, 0.1) is 0 Å². The standard InChI is InChI=1S/C28H24N4O4/c1-36-16-15-30-14-13-20-22(10-6-12-23(20)30)29-25(33)17-31-26-18-7-2-3-8-19(18)28(35)32(26)24-11-5-4-9-21(24)27(31)34/h2-14,26H,15-17H2,1H3,(H,29,33)/t26-/m0/s1. The average molecular weight is 481 g/mol. The molecule has 2 aliphatic rings. The largest absolute Gasteiger partial charge is 0.383 e. The van der Waals surface area contributed by atoms with Crippen molar-refractivity contribution >= 4 is 40.0 Å². The monoisotopic (exact) mass is 480 g/mol. The lowest BCUT2D eigenvalue weighted by Gasteiger charge is -2.40. The SMILES string of the molecule is COCCn1ccc2c(NC(=O)CN3C(=O)c4ccccc4N4C(=O)c5ccccc5[C@@H]34)cccc21. The Balaban J connectivity index is 1.33. The Morgan fingerprint density at radius 3 is 2.53 bits per heavy atom. The van der Waals surface area contributed by atoms with Gasteiger partial charge in [-0.05, 0) is 36.4 Å². The number of rotatable bonds is 6. The molecule has 2 aliphatic heterocycles. The maximum atomic E-state index is 13.6. The van der Waals surface area contributed by atoms with Crippen LogP contribution in [0.15, 0.2) is 79.0 Å². The molecule has 0 bridgehead atoms. The van der Waals surface area contributed by atoms with Gasteiger partial charge in [-0.3, -0.25) is 19.3 Å². The molecule has 1 atom stereocenters. The lowest BCUT2D eigenvalue weighted by Crippen LogP contribution is -2.50. The maximum absolute atomic E-state index is 13.6. The van der Waals surface area contributed by atoms with Crippen LogP contribution < -0.4 is 10.2 Å². The molecule has 3 aromatic carbocycles. The van der Waals surface area contributed by atoms with E-state index >= 15 is 0 Å². The molecule has 3 heterocycles. The zero-order valence-electron chi connectivity index (χ0n) is 19.7. The van der Waals surface area contributed by atoms with Crippen LogP contribution >= 0.6 is 0 Å². The van der Waals surface area contributed by atoms with Gasteiger partial charge >= 0.3 is 0 Å². The van der Waals surface area contributed by atoms with Crippen LogP contribution in [0.2, 0.25) is 0 Å². The minimum atomic E-state index is -0.673. The molecule has 0 unspecified atom stereocenters. The van der Waals surface area contributed by atoms with Gasteiger partial charge in [-0.15, -0.1) is 0 Å². The summed E-state index contributed by atoms with van der Waals surface area (Å²) >= 11 is 0. The Bertz CT molecular complexity index is 1530. The van der Waals surface area contributed by atoms with E-state index in [1.807, 2.05) is 42.6 Å². The number of methoxy groups -OCH3 is 1. The number of carbonyl (C=O) groups excluding carboxylic acids is 3. The second-order valence-electron chi connectivity index (χ2n) is 8.87. The Morgan fingerprint density at radius 1 is 0.917 bits per heavy atom. The van der Waals surface area contributed by atoms with Crippen molar-refractivity contribution in [1.82, 2.24) is 9.47 Å². The van der Waals surface area contributed by atoms with Crippen LogP contribution in [0.4, 0.5) is 11.4 Å². The maximum Gasteiger partial charge on any atom is 0.260 e. The Morgan fingerprint density at radius 2 is 1.69 bits per heavy atom. The molecule has 1 N–H and O–H groups in total. The quantitative estimate of drug-likeness (QED) is 0.452. The summed E-state index contributed by atoms with van der Waals surface area (Å²) in [7, 11) is 1.66. The fraction of sp³-hybridized carbons (Fsp3) is 0.179. The highest BCUT2D eigenvalue weighted by molar-refractivity contribution is 6.17. The minimum Gasteiger partial charge on any atom is -0.383 e. The van der Waals surface area contributed by atoms with Gasteiger partial charge in [0.2, 0.25) is 5.91 Å². The van der Waals surface area contributed by atoms with Crippen molar-refractivity contribution in [2.45, 2.75) is 12.7 Å². The number of anilines is 2. The van der Waals surface area contributed by atoms with Crippen molar-refractivity contribution in [3.8, 4) is 0 Å². The summed E-state index contributed by atoms with van der Waals surface area (Å²) < 4.78 is 7.26. The zero-order valence-corrected chi connectivity index (χ0v) is 19.7. The van der Waals surface area contributed by atoms with Crippen molar-refractivity contribution in [1.29, 1.82) is 0 Å². The normalized spacial score (nSPS) is 16.2. The van der Waals surface area contributed by atoms with Crippen LogP contribution in [-0.4, -0.2) is 47.4 Å². The van der Waals surface area contributed by atoms with Gasteiger partial charge in [0.1, 0.15) is 12.7 Å². The van der Waals surface area contributed by atoms with E-state index in [9.17, 15) is 14.4 Å². The molecule has 36 heavy (non-hydrogen) atoms. The first-order valence-electron chi connectivity index (χ1n) is 11.8. The second kappa shape index (κ2) is 8.66. The molecule has 0 aliphatic carbocycles. The summed E-state index contributed by atoms with van der Waals surface area (Å²) in [6, 6.07) is 22.0. The highest BCUT2D eigenvalue weighted by Crippen LogP contribution is 2.45. The molecule has 8 heteroatoms. The number of carbonyl (C=O) groups is 3. The molecule has 0 saturated heterocycles. The van der Waals surface area contributed by atoms with E-state index < -0.39 is 6.17 Å². The minimum absolute atomic E-state index is 0.178. The summed E-state index contributed by atoms with van der Waals surface area (Å²) in [5.74, 6) is -0.796. The third-order valence-electron chi connectivity index (χ3n) is 6.82. The predicted octanol–water partition coefficient (Wildman–Crippen LogP) is 4.04. The van der Waals surface area contributed by atoms with E-state index in [1.165, 1.54) is 4.90 Å². The number of para-hydroxylation sites is 1. The number of aromatic nitrogens is 1. The molecule has 0 fully saturated rings.